The smallest absolute Gasteiger partial charge is 0.377 e. The Morgan fingerprint density at radius 3 is 1.82 bits per heavy atom. The average molecular weight is 257 g/mol. The van der Waals surface area contributed by atoms with Crippen molar-refractivity contribution in [3.05, 3.63) is 34.3 Å². The van der Waals surface area contributed by atoms with Crippen LogP contribution in [0.1, 0.15) is 20.7 Å². The van der Waals surface area contributed by atoms with Crippen LogP contribution in [0, 0.1) is 0 Å². The predicted octanol–water partition coefficient (Wildman–Crippen LogP) is 0.875. The Morgan fingerprint density at radius 2 is 1.35 bits per heavy atom. The molecular weight excluding hydrogens is 252 g/mol. The summed E-state index contributed by atoms with van der Waals surface area (Å²) in [5.41, 5.74) is -1.05. The number of halogens is 1. The molecule has 0 saturated carbocycles. The van der Waals surface area contributed by atoms with E-state index >= 15 is 0 Å². The number of carbonyl (C=O) groups is 4. The number of hydrogen-bond acceptors (Lipinski definition) is 4. The fourth-order valence-corrected chi connectivity index (χ4v) is 1.30. The summed E-state index contributed by atoms with van der Waals surface area (Å²) < 4.78 is 0. The molecule has 0 saturated heterocycles. The van der Waals surface area contributed by atoms with Crippen molar-refractivity contribution < 1.29 is 29.4 Å². The summed E-state index contributed by atoms with van der Waals surface area (Å²) in [6.07, 6.45) is 0. The summed E-state index contributed by atoms with van der Waals surface area (Å²) >= 11 is 5.55. The van der Waals surface area contributed by atoms with Crippen LogP contribution in [0.2, 0.25) is 5.02 Å². The Morgan fingerprint density at radius 1 is 0.882 bits per heavy atom. The van der Waals surface area contributed by atoms with Crippen molar-refractivity contribution in [3.8, 4) is 0 Å². The zero-order valence-electron chi connectivity index (χ0n) is 8.14. The van der Waals surface area contributed by atoms with Gasteiger partial charge in [0, 0.05) is 16.1 Å². The molecule has 88 valence electrons. The van der Waals surface area contributed by atoms with Gasteiger partial charge >= 0.3 is 11.9 Å². The molecule has 0 unspecified atom stereocenters. The fraction of sp³-hybridized carbons (Fsp3) is 0. The van der Waals surface area contributed by atoms with Gasteiger partial charge < -0.3 is 10.2 Å². The minimum atomic E-state index is -1.80. The summed E-state index contributed by atoms with van der Waals surface area (Å²) in [7, 11) is 0. The molecule has 0 radical (unpaired) electrons. The van der Waals surface area contributed by atoms with Crippen LogP contribution in [0.5, 0.6) is 0 Å². The Kier molecular flexibility index (Phi) is 3.59. The maximum Gasteiger partial charge on any atom is 0.377 e. The van der Waals surface area contributed by atoms with E-state index in [9.17, 15) is 19.2 Å². The van der Waals surface area contributed by atoms with Crippen molar-refractivity contribution in [2.75, 3.05) is 0 Å². The first-order chi connectivity index (χ1) is 7.84. The molecule has 17 heavy (non-hydrogen) atoms. The van der Waals surface area contributed by atoms with Crippen molar-refractivity contribution in [1.82, 2.24) is 0 Å². The summed E-state index contributed by atoms with van der Waals surface area (Å²) in [4.78, 5) is 43.4. The van der Waals surface area contributed by atoms with Gasteiger partial charge in [-0.25, -0.2) is 9.59 Å². The normalized spacial score (nSPS) is 9.71. The van der Waals surface area contributed by atoms with E-state index in [-0.39, 0.29) is 5.02 Å². The van der Waals surface area contributed by atoms with Crippen LogP contribution >= 0.6 is 11.6 Å². The lowest BCUT2D eigenvalue weighted by molar-refractivity contribution is -0.132. The van der Waals surface area contributed by atoms with Gasteiger partial charge in [0.15, 0.2) is 0 Å². The Labute approximate surface area is 99.4 Å². The number of carboxylic acid groups (broad SMARTS) is 2. The minimum absolute atomic E-state index is 0.0246. The summed E-state index contributed by atoms with van der Waals surface area (Å²) in [6, 6.07) is 3.12. The van der Waals surface area contributed by atoms with E-state index in [1.807, 2.05) is 0 Å². The third-order valence-electron chi connectivity index (χ3n) is 1.86. The number of ketones is 2. The summed E-state index contributed by atoms with van der Waals surface area (Å²) in [5, 5.41) is 17.1. The van der Waals surface area contributed by atoms with Gasteiger partial charge in [0.25, 0.3) is 11.6 Å². The molecule has 1 rings (SSSR count). The third-order valence-corrected chi connectivity index (χ3v) is 2.09. The van der Waals surface area contributed by atoms with Crippen molar-refractivity contribution in [2.24, 2.45) is 0 Å². The monoisotopic (exact) mass is 256 g/mol. The quantitative estimate of drug-likeness (QED) is 0.611. The SMILES string of the molecule is O=C(O)C(=O)c1ccc(Cl)cc1C(=O)C(=O)O. The van der Waals surface area contributed by atoms with E-state index in [1.54, 1.807) is 0 Å². The Bertz CT molecular complexity index is 534. The first-order valence-electron chi connectivity index (χ1n) is 4.19. The molecule has 0 aliphatic carbocycles. The lowest BCUT2D eigenvalue weighted by Gasteiger charge is -2.03. The summed E-state index contributed by atoms with van der Waals surface area (Å²) in [5.74, 6) is -6.35. The average Bonchev–Trinajstić information content (AvgIpc) is 2.26. The second-order valence-electron chi connectivity index (χ2n) is 2.96. The van der Waals surface area contributed by atoms with Crippen molar-refractivity contribution in [3.63, 3.8) is 0 Å². The largest absolute Gasteiger partial charge is 0.475 e. The van der Waals surface area contributed by atoms with Gasteiger partial charge in [0.05, 0.1) is 0 Å². The molecule has 1 aromatic rings. The van der Waals surface area contributed by atoms with Gasteiger partial charge in [-0.3, -0.25) is 9.59 Å². The molecule has 0 aliphatic rings. The highest BCUT2D eigenvalue weighted by Gasteiger charge is 2.25. The van der Waals surface area contributed by atoms with E-state index in [2.05, 4.69) is 0 Å². The molecule has 0 fully saturated rings. The summed E-state index contributed by atoms with van der Waals surface area (Å²) in [6.45, 7) is 0. The molecule has 0 aliphatic heterocycles. The topological polar surface area (TPSA) is 109 Å². The highest BCUT2D eigenvalue weighted by molar-refractivity contribution is 6.47. The zero-order chi connectivity index (χ0) is 13.2. The highest BCUT2D eigenvalue weighted by Crippen LogP contribution is 2.17. The lowest BCUT2D eigenvalue weighted by Crippen LogP contribution is -2.20. The van der Waals surface area contributed by atoms with Crippen LogP contribution in [-0.2, 0) is 9.59 Å². The third kappa shape index (κ3) is 2.67. The second kappa shape index (κ2) is 4.75. The van der Waals surface area contributed by atoms with E-state index in [1.165, 1.54) is 6.07 Å². The number of carboxylic acids is 2. The molecule has 0 atom stereocenters. The molecule has 6 nitrogen and oxygen atoms in total. The van der Waals surface area contributed by atoms with Gasteiger partial charge in [-0.1, -0.05) is 11.6 Å². The van der Waals surface area contributed by atoms with Crippen molar-refractivity contribution in [1.29, 1.82) is 0 Å². The van der Waals surface area contributed by atoms with Gasteiger partial charge in [0.1, 0.15) is 0 Å². The van der Waals surface area contributed by atoms with Crippen LogP contribution in [0.3, 0.4) is 0 Å². The molecular formula is C10H5ClO6. The molecule has 0 bridgehead atoms. The van der Waals surface area contributed by atoms with Crippen molar-refractivity contribution in [2.45, 2.75) is 0 Å². The standard InChI is InChI=1S/C10H5ClO6/c11-4-1-2-5(7(12)9(14)15)6(3-4)8(13)10(16)17/h1-3H,(H,14,15)(H,16,17). The number of hydrogen-bond donors (Lipinski definition) is 2. The molecule has 0 heterocycles. The van der Waals surface area contributed by atoms with E-state index in [0.717, 1.165) is 12.1 Å². The lowest BCUT2D eigenvalue weighted by atomic mass is 10.0. The number of carbonyl (C=O) groups excluding carboxylic acids is 2. The first kappa shape index (κ1) is 12.9. The van der Waals surface area contributed by atoms with Gasteiger partial charge in [0.2, 0.25) is 0 Å². The van der Waals surface area contributed by atoms with Crippen LogP contribution in [0.25, 0.3) is 0 Å². The second-order valence-corrected chi connectivity index (χ2v) is 3.39. The first-order valence-corrected chi connectivity index (χ1v) is 4.57. The number of rotatable bonds is 4. The molecule has 2 N–H and O–H groups in total. The van der Waals surface area contributed by atoms with Crippen molar-refractivity contribution >= 4 is 35.1 Å². The van der Waals surface area contributed by atoms with Crippen LogP contribution in [0.15, 0.2) is 18.2 Å². The fourth-order valence-electron chi connectivity index (χ4n) is 1.13. The predicted molar refractivity (Wildman–Crippen MR) is 55.4 cm³/mol. The molecule has 0 amide bonds. The minimum Gasteiger partial charge on any atom is -0.475 e. The number of Topliss-reactive ketones (excluding diaryl/α,β-unsaturated/α-hetero) is 2. The number of aliphatic carboxylic acids is 2. The van der Waals surface area contributed by atoms with E-state index < -0.39 is 34.6 Å². The Hall–Kier alpha value is -2.21. The maximum absolute atomic E-state index is 11.2. The van der Waals surface area contributed by atoms with Crippen LogP contribution in [0.4, 0.5) is 0 Å². The molecule has 0 aromatic heterocycles. The van der Waals surface area contributed by atoms with Crippen LogP contribution in [-0.4, -0.2) is 33.7 Å². The maximum atomic E-state index is 11.2. The molecule has 1 aromatic carbocycles. The Balaban J connectivity index is 3.41. The van der Waals surface area contributed by atoms with Gasteiger partial charge in [-0.05, 0) is 18.2 Å². The van der Waals surface area contributed by atoms with E-state index in [4.69, 9.17) is 21.8 Å². The van der Waals surface area contributed by atoms with Crippen LogP contribution < -0.4 is 0 Å². The van der Waals surface area contributed by atoms with Gasteiger partial charge in [-0.15, -0.1) is 0 Å². The highest BCUT2D eigenvalue weighted by atomic mass is 35.5. The molecule has 0 spiro atoms. The van der Waals surface area contributed by atoms with E-state index in [0.29, 0.717) is 0 Å². The molecule has 7 heteroatoms. The van der Waals surface area contributed by atoms with Gasteiger partial charge in [-0.2, -0.15) is 0 Å². The zero-order valence-corrected chi connectivity index (χ0v) is 8.89. The number of benzene rings is 1.